The zero-order valence-electron chi connectivity index (χ0n) is 18.7. The van der Waals surface area contributed by atoms with Gasteiger partial charge in [-0.1, -0.05) is 48.5 Å². The average Bonchev–Trinajstić information content (AvgIpc) is 3.18. The van der Waals surface area contributed by atoms with Crippen molar-refractivity contribution in [2.24, 2.45) is 0 Å². The molecule has 0 aliphatic carbocycles. The van der Waals surface area contributed by atoms with Gasteiger partial charge in [-0.05, 0) is 36.1 Å². The smallest absolute Gasteiger partial charge is 0.371 e. The zero-order chi connectivity index (χ0) is 23.4. The molecule has 1 fully saturated rings. The van der Waals surface area contributed by atoms with Crippen molar-refractivity contribution in [1.29, 1.82) is 0 Å². The van der Waals surface area contributed by atoms with Gasteiger partial charge >= 0.3 is 5.82 Å². The molecule has 4 rings (SSSR count). The van der Waals surface area contributed by atoms with E-state index < -0.39 is 0 Å². The number of anilines is 3. The van der Waals surface area contributed by atoms with E-state index in [1.54, 1.807) is 23.1 Å². The van der Waals surface area contributed by atoms with Crippen molar-refractivity contribution in [3.8, 4) is 5.75 Å². The summed E-state index contributed by atoms with van der Waals surface area (Å²) in [7, 11) is 2.01. The number of rotatable bonds is 7. The number of aromatic hydroxyl groups is 1. The summed E-state index contributed by atoms with van der Waals surface area (Å²) in [5.74, 6) is -0.0880. The maximum Gasteiger partial charge on any atom is 0.371 e. The van der Waals surface area contributed by atoms with Gasteiger partial charge in [-0.3, -0.25) is 10.1 Å². The Morgan fingerprint density at radius 2 is 1.88 bits per heavy atom. The van der Waals surface area contributed by atoms with Gasteiger partial charge in [0.25, 0.3) is 11.7 Å². The van der Waals surface area contributed by atoms with Gasteiger partial charge in [0.05, 0.1) is 11.6 Å². The van der Waals surface area contributed by atoms with Crippen molar-refractivity contribution in [2.75, 3.05) is 43.9 Å². The summed E-state index contributed by atoms with van der Waals surface area (Å²) in [6.07, 6.45) is 0.765. The van der Waals surface area contributed by atoms with Crippen LogP contribution in [0.25, 0.3) is 0 Å². The first-order valence-electron chi connectivity index (χ1n) is 11.0. The molecule has 3 aromatic rings. The third-order valence-electron chi connectivity index (χ3n) is 5.89. The number of benzene rings is 2. The molecule has 1 amide bonds. The number of phenolic OH excluding ortho intramolecular Hbond substituents is 1. The SMILES string of the molecule is CC[C@@H](Nc1[nH]o[n+](=O)c1Nc1cccc(C(=O)N2CCN(C)CC2)c1O)c1ccccc1. The number of nitrogens with zero attached hydrogens (tertiary/aromatic N) is 3. The van der Waals surface area contributed by atoms with E-state index in [0.29, 0.717) is 18.9 Å². The topological polar surface area (TPSA) is 120 Å². The Bertz CT molecular complexity index is 1150. The van der Waals surface area contributed by atoms with Crippen LogP contribution in [-0.4, -0.2) is 59.2 Å². The lowest BCUT2D eigenvalue weighted by Crippen LogP contribution is -2.47. The number of aromatic nitrogens is 2. The summed E-state index contributed by atoms with van der Waals surface area (Å²) in [5, 5.41) is 19.6. The molecule has 0 saturated carbocycles. The molecule has 33 heavy (non-hydrogen) atoms. The fraction of sp³-hybridized carbons (Fsp3) is 0.348. The Kier molecular flexibility index (Phi) is 6.64. The highest BCUT2D eigenvalue weighted by molar-refractivity contribution is 5.99. The molecule has 0 radical (unpaired) electrons. The second kappa shape index (κ2) is 9.78. The van der Waals surface area contributed by atoms with Gasteiger partial charge in [-0.15, -0.1) is 4.63 Å². The van der Waals surface area contributed by atoms with E-state index in [9.17, 15) is 14.8 Å². The lowest BCUT2D eigenvalue weighted by Gasteiger charge is -2.32. The van der Waals surface area contributed by atoms with Crippen LogP contribution in [0.4, 0.5) is 17.3 Å². The maximum absolute atomic E-state index is 13.0. The fourth-order valence-corrected chi connectivity index (χ4v) is 3.88. The Labute approximate surface area is 191 Å². The first-order valence-corrected chi connectivity index (χ1v) is 11.0. The number of nitrogens with one attached hydrogen (secondary N) is 3. The Morgan fingerprint density at radius 3 is 2.58 bits per heavy atom. The highest BCUT2D eigenvalue weighted by atomic mass is 16.7. The number of likely N-dealkylation sites (N-methyl/N-ethyl adjacent to an activating group) is 1. The van der Waals surface area contributed by atoms with Crippen molar-refractivity contribution in [1.82, 2.24) is 15.0 Å². The number of piperazine rings is 1. The normalized spacial score (nSPS) is 15.3. The summed E-state index contributed by atoms with van der Waals surface area (Å²) in [5.41, 5.74) is 1.46. The number of hydrogen-bond acceptors (Lipinski definition) is 7. The van der Waals surface area contributed by atoms with Crippen molar-refractivity contribution in [2.45, 2.75) is 19.4 Å². The van der Waals surface area contributed by atoms with Crippen LogP contribution in [-0.2, 0) is 0 Å². The van der Waals surface area contributed by atoms with Crippen molar-refractivity contribution >= 4 is 23.2 Å². The summed E-state index contributed by atoms with van der Waals surface area (Å²) in [6, 6.07) is 14.6. The molecule has 10 nitrogen and oxygen atoms in total. The molecule has 1 saturated heterocycles. The van der Waals surface area contributed by atoms with Gasteiger partial charge in [-0.2, -0.15) is 0 Å². The standard InChI is InChI=1S/C23H28N6O4/c1-3-18(16-8-5-4-6-9-16)24-21-22(29(32)33-26-21)25-19-11-7-10-17(20(19)30)23(31)28-14-12-27(2)13-15-28/h4-11,18,25H,3,12-15H2,1-2H3,(H2-,24,26,30,31,32)/p+1/t18-/m1/s1. The van der Waals surface area contributed by atoms with Crippen LogP contribution in [0.1, 0.15) is 35.3 Å². The lowest BCUT2D eigenvalue weighted by molar-refractivity contribution is -0.701. The predicted octanol–water partition coefficient (Wildman–Crippen LogP) is 2.92. The van der Waals surface area contributed by atoms with E-state index in [0.717, 1.165) is 25.1 Å². The molecule has 1 atom stereocenters. The van der Waals surface area contributed by atoms with E-state index in [2.05, 4.69) is 20.7 Å². The first-order chi connectivity index (χ1) is 16.0. The van der Waals surface area contributed by atoms with Crippen LogP contribution in [0, 0.1) is 4.91 Å². The minimum absolute atomic E-state index is 0.0453. The number of para-hydroxylation sites is 1. The van der Waals surface area contributed by atoms with Gasteiger partial charge in [-0.25, -0.2) is 0 Å². The molecule has 0 unspecified atom stereocenters. The number of carbonyl (C=O) groups is 1. The van der Waals surface area contributed by atoms with Crippen molar-refractivity contribution < 1.29 is 19.1 Å². The summed E-state index contributed by atoms with van der Waals surface area (Å²) < 4.78 is 5.21. The number of hydrogen-bond donors (Lipinski definition) is 4. The zero-order valence-corrected chi connectivity index (χ0v) is 18.7. The third kappa shape index (κ3) is 4.85. The van der Waals surface area contributed by atoms with E-state index in [-0.39, 0.29) is 39.4 Å². The van der Waals surface area contributed by atoms with Crippen molar-refractivity contribution in [3.05, 3.63) is 64.6 Å². The predicted molar refractivity (Wildman–Crippen MR) is 124 cm³/mol. The van der Waals surface area contributed by atoms with E-state index in [1.165, 1.54) is 0 Å². The summed E-state index contributed by atoms with van der Waals surface area (Å²) >= 11 is 0. The van der Waals surface area contributed by atoms with Crippen LogP contribution in [0.2, 0.25) is 0 Å². The molecule has 0 bridgehead atoms. The molecule has 174 valence electrons. The van der Waals surface area contributed by atoms with Crippen LogP contribution in [0.3, 0.4) is 0 Å². The molecule has 1 aliphatic rings. The monoisotopic (exact) mass is 453 g/mol. The fourth-order valence-electron chi connectivity index (χ4n) is 3.88. The number of amides is 1. The van der Waals surface area contributed by atoms with Gasteiger partial charge in [0.2, 0.25) is 0 Å². The van der Waals surface area contributed by atoms with Crippen molar-refractivity contribution in [3.63, 3.8) is 0 Å². The molecular weight excluding hydrogens is 424 g/mol. The highest BCUT2D eigenvalue weighted by Gasteiger charge is 2.27. The van der Waals surface area contributed by atoms with Gasteiger partial charge in [0, 0.05) is 26.2 Å². The Hall–Kier alpha value is -3.79. The molecule has 4 N–H and O–H groups in total. The highest BCUT2D eigenvalue weighted by Crippen LogP contribution is 2.33. The molecule has 10 heteroatoms. The minimum atomic E-state index is -0.244. The quantitative estimate of drug-likeness (QED) is 0.406. The minimum Gasteiger partial charge on any atom is -0.504 e. The lowest BCUT2D eigenvalue weighted by atomic mass is 10.0. The number of H-pyrrole nitrogens is 1. The second-order valence-corrected chi connectivity index (χ2v) is 8.11. The molecule has 2 heterocycles. The molecular formula is C23H29N6O4+. The largest absolute Gasteiger partial charge is 0.504 e. The first kappa shape index (κ1) is 22.4. The third-order valence-corrected chi connectivity index (χ3v) is 5.89. The molecule has 1 aliphatic heterocycles. The van der Waals surface area contributed by atoms with Gasteiger partial charge in [0.1, 0.15) is 5.69 Å². The van der Waals surface area contributed by atoms with Gasteiger partial charge < -0.3 is 20.2 Å². The summed E-state index contributed by atoms with van der Waals surface area (Å²) in [6.45, 7) is 4.77. The second-order valence-electron chi connectivity index (χ2n) is 8.11. The number of aromatic amines is 1. The Balaban J connectivity index is 1.56. The Morgan fingerprint density at radius 1 is 1.15 bits per heavy atom. The van der Waals surface area contributed by atoms with Crippen LogP contribution < -0.4 is 15.2 Å². The van der Waals surface area contributed by atoms with Crippen LogP contribution in [0.15, 0.2) is 53.2 Å². The number of phenols is 1. The van der Waals surface area contributed by atoms with E-state index in [4.69, 9.17) is 4.63 Å². The summed E-state index contributed by atoms with van der Waals surface area (Å²) in [4.78, 5) is 29.2. The van der Waals surface area contributed by atoms with Crippen LogP contribution >= 0.6 is 0 Å². The van der Waals surface area contributed by atoms with Crippen LogP contribution in [0.5, 0.6) is 5.75 Å². The van der Waals surface area contributed by atoms with Gasteiger partial charge in [0.15, 0.2) is 10.3 Å². The average molecular weight is 454 g/mol. The molecule has 2 aromatic carbocycles. The van der Waals surface area contributed by atoms with E-state index >= 15 is 0 Å². The maximum atomic E-state index is 13.0. The van der Waals surface area contributed by atoms with E-state index in [1.807, 2.05) is 44.3 Å². The molecule has 0 spiro atoms. The molecule has 1 aromatic heterocycles. The number of carbonyl (C=O) groups excluding carboxylic acids is 1.